The molecule has 2 aromatic heterocycles. The summed E-state index contributed by atoms with van der Waals surface area (Å²) < 4.78 is 35.1. The fourth-order valence-electron chi connectivity index (χ4n) is 2.11. The van der Waals surface area contributed by atoms with Gasteiger partial charge in [0.15, 0.2) is 11.5 Å². The smallest absolute Gasteiger partial charge is 0.244 e. The molecule has 9 heteroatoms. The number of rotatable bonds is 5. The van der Waals surface area contributed by atoms with Crippen LogP contribution in [0.1, 0.15) is 5.82 Å². The molecule has 0 saturated heterocycles. The lowest BCUT2D eigenvalue weighted by atomic mass is 10.3. The van der Waals surface area contributed by atoms with Crippen LogP contribution in [0.4, 0.5) is 0 Å². The van der Waals surface area contributed by atoms with Crippen molar-refractivity contribution in [3.05, 3.63) is 52.9 Å². The second-order valence-corrected chi connectivity index (χ2v) is 7.32. The van der Waals surface area contributed by atoms with Gasteiger partial charge >= 0.3 is 0 Å². The third kappa shape index (κ3) is 3.21. The Kier molecular flexibility index (Phi) is 4.33. The SMILES string of the molecule is COc1ccc(Br)cc1S(=O)(=O)NCc1nnc2ccccn12. The molecule has 1 aromatic carbocycles. The Morgan fingerprint density at radius 1 is 1.26 bits per heavy atom. The molecule has 23 heavy (non-hydrogen) atoms. The molecule has 0 radical (unpaired) electrons. The van der Waals surface area contributed by atoms with Gasteiger partial charge in [0, 0.05) is 10.7 Å². The number of pyridine rings is 1. The van der Waals surface area contributed by atoms with Crippen LogP contribution in [0.15, 0.2) is 52.0 Å². The molecule has 0 unspecified atom stereocenters. The minimum atomic E-state index is -3.76. The van der Waals surface area contributed by atoms with Crippen LogP contribution in [0.5, 0.6) is 5.75 Å². The lowest BCUT2D eigenvalue weighted by Gasteiger charge is -2.10. The maximum Gasteiger partial charge on any atom is 0.244 e. The zero-order valence-electron chi connectivity index (χ0n) is 12.1. The Labute approximate surface area is 141 Å². The van der Waals surface area contributed by atoms with E-state index in [2.05, 4.69) is 30.8 Å². The number of benzene rings is 1. The molecular weight excluding hydrogens is 384 g/mol. The second-order valence-electron chi connectivity index (χ2n) is 4.66. The Morgan fingerprint density at radius 3 is 2.87 bits per heavy atom. The molecule has 0 spiro atoms. The highest BCUT2D eigenvalue weighted by molar-refractivity contribution is 9.10. The number of hydrogen-bond acceptors (Lipinski definition) is 5. The number of aromatic nitrogens is 3. The highest BCUT2D eigenvalue weighted by atomic mass is 79.9. The second kappa shape index (κ2) is 6.26. The number of methoxy groups -OCH3 is 1. The summed E-state index contributed by atoms with van der Waals surface area (Å²) in [5.74, 6) is 0.768. The molecule has 3 rings (SSSR count). The number of fused-ring (bicyclic) bond motifs is 1. The van der Waals surface area contributed by atoms with Crippen molar-refractivity contribution < 1.29 is 13.2 Å². The molecule has 0 saturated carbocycles. The molecule has 0 bridgehead atoms. The molecule has 7 nitrogen and oxygen atoms in total. The fourth-order valence-corrected chi connectivity index (χ4v) is 3.79. The van der Waals surface area contributed by atoms with Crippen LogP contribution in [-0.2, 0) is 16.6 Å². The van der Waals surface area contributed by atoms with Gasteiger partial charge in [0.05, 0.1) is 13.7 Å². The third-order valence-electron chi connectivity index (χ3n) is 3.22. The van der Waals surface area contributed by atoms with Gasteiger partial charge in [-0.25, -0.2) is 13.1 Å². The summed E-state index contributed by atoms with van der Waals surface area (Å²) in [5.41, 5.74) is 0.654. The van der Waals surface area contributed by atoms with Crippen LogP contribution < -0.4 is 9.46 Å². The number of halogens is 1. The van der Waals surface area contributed by atoms with E-state index in [1.54, 1.807) is 28.8 Å². The van der Waals surface area contributed by atoms with E-state index >= 15 is 0 Å². The topological polar surface area (TPSA) is 85.6 Å². The molecule has 0 atom stereocenters. The first-order chi connectivity index (χ1) is 11.0. The van der Waals surface area contributed by atoms with Gasteiger partial charge in [-0.05, 0) is 30.3 Å². The first-order valence-corrected chi connectivity index (χ1v) is 8.91. The first kappa shape index (κ1) is 15.9. The van der Waals surface area contributed by atoms with Crippen LogP contribution in [0.2, 0.25) is 0 Å². The molecule has 0 aliphatic rings. The zero-order chi connectivity index (χ0) is 16.4. The summed E-state index contributed by atoms with van der Waals surface area (Å²) in [4.78, 5) is 0.0585. The lowest BCUT2D eigenvalue weighted by molar-refractivity contribution is 0.402. The van der Waals surface area contributed by atoms with Crippen LogP contribution in [0, 0.1) is 0 Å². The van der Waals surface area contributed by atoms with E-state index in [0.717, 1.165) is 0 Å². The van der Waals surface area contributed by atoms with Crippen molar-refractivity contribution in [2.75, 3.05) is 7.11 Å². The monoisotopic (exact) mass is 396 g/mol. The Balaban J connectivity index is 1.89. The van der Waals surface area contributed by atoms with Gasteiger partial charge in [0.1, 0.15) is 10.6 Å². The molecule has 0 aliphatic heterocycles. The molecule has 0 amide bonds. The average Bonchev–Trinajstić information content (AvgIpc) is 2.96. The van der Waals surface area contributed by atoms with E-state index in [9.17, 15) is 8.42 Å². The maximum absolute atomic E-state index is 12.5. The van der Waals surface area contributed by atoms with Crippen molar-refractivity contribution in [3.63, 3.8) is 0 Å². The Bertz CT molecular complexity index is 956. The van der Waals surface area contributed by atoms with E-state index in [1.165, 1.54) is 13.2 Å². The molecule has 1 N–H and O–H groups in total. The average molecular weight is 397 g/mol. The van der Waals surface area contributed by atoms with Gasteiger partial charge < -0.3 is 4.74 Å². The van der Waals surface area contributed by atoms with Gasteiger partial charge in [-0.2, -0.15) is 0 Å². The Morgan fingerprint density at radius 2 is 2.09 bits per heavy atom. The van der Waals surface area contributed by atoms with Crippen molar-refractivity contribution in [2.45, 2.75) is 11.4 Å². The molecule has 3 aromatic rings. The minimum absolute atomic E-state index is 0.0170. The quantitative estimate of drug-likeness (QED) is 0.712. The fraction of sp³-hybridized carbons (Fsp3) is 0.143. The molecule has 0 aliphatic carbocycles. The van der Waals surface area contributed by atoms with Gasteiger partial charge in [-0.3, -0.25) is 4.40 Å². The molecule has 0 fully saturated rings. The van der Waals surface area contributed by atoms with E-state index in [-0.39, 0.29) is 17.2 Å². The van der Waals surface area contributed by atoms with E-state index in [1.807, 2.05) is 12.1 Å². The van der Waals surface area contributed by atoms with E-state index in [0.29, 0.717) is 15.9 Å². The van der Waals surface area contributed by atoms with Crippen LogP contribution in [0.3, 0.4) is 0 Å². The predicted octanol–water partition coefficient (Wildman–Crippen LogP) is 1.98. The van der Waals surface area contributed by atoms with Gasteiger partial charge in [0.2, 0.25) is 10.0 Å². The normalized spacial score (nSPS) is 11.7. The van der Waals surface area contributed by atoms with Gasteiger partial charge in [-0.1, -0.05) is 22.0 Å². The predicted molar refractivity (Wildman–Crippen MR) is 87.7 cm³/mol. The molecule has 2 heterocycles. The maximum atomic E-state index is 12.5. The van der Waals surface area contributed by atoms with Crippen LogP contribution in [-0.4, -0.2) is 30.1 Å². The number of sulfonamides is 1. The van der Waals surface area contributed by atoms with Crippen molar-refractivity contribution in [3.8, 4) is 5.75 Å². The highest BCUT2D eigenvalue weighted by Gasteiger charge is 2.20. The number of nitrogens with one attached hydrogen (secondary N) is 1. The number of ether oxygens (including phenoxy) is 1. The molecule has 120 valence electrons. The summed E-state index contributed by atoms with van der Waals surface area (Å²) >= 11 is 3.27. The summed E-state index contributed by atoms with van der Waals surface area (Å²) in [6.07, 6.45) is 1.78. The summed E-state index contributed by atoms with van der Waals surface area (Å²) in [6, 6.07) is 10.2. The van der Waals surface area contributed by atoms with Crippen molar-refractivity contribution in [1.29, 1.82) is 0 Å². The van der Waals surface area contributed by atoms with Crippen molar-refractivity contribution >= 4 is 31.6 Å². The summed E-state index contributed by atoms with van der Waals surface area (Å²) in [7, 11) is -2.33. The molecular formula is C14H13BrN4O3S. The highest BCUT2D eigenvalue weighted by Crippen LogP contribution is 2.27. The van der Waals surface area contributed by atoms with Crippen LogP contribution >= 0.6 is 15.9 Å². The van der Waals surface area contributed by atoms with Crippen molar-refractivity contribution in [1.82, 2.24) is 19.3 Å². The summed E-state index contributed by atoms with van der Waals surface area (Å²) in [6.45, 7) is 0.0170. The third-order valence-corrected chi connectivity index (χ3v) is 5.14. The first-order valence-electron chi connectivity index (χ1n) is 6.63. The summed E-state index contributed by atoms with van der Waals surface area (Å²) in [5, 5.41) is 7.98. The largest absolute Gasteiger partial charge is 0.495 e. The number of hydrogen-bond donors (Lipinski definition) is 1. The van der Waals surface area contributed by atoms with E-state index < -0.39 is 10.0 Å². The Hall–Kier alpha value is -1.97. The standard InChI is InChI=1S/C14H13BrN4O3S/c1-22-11-6-5-10(15)8-12(11)23(20,21)16-9-14-18-17-13-4-2-3-7-19(13)14/h2-8,16H,9H2,1H3. The number of nitrogens with zero attached hydrogens (tertiary/aromatic N) is 3. The van der Waals surface area contributed by atoms with E-state index in [4.69, 9.17) is 4.74 Å². The lowest BCUT2D eigenvalue weighted by Crippen LogP contribution is -2.25. The minimum Gasteiger partial charge on any atom is -0.495 e. The van der Waals surface area contributed by atoms with Crippen molar-refractivity contribution in [2.24, 2.45) is 0 Å². The van der Waals surface area contributed by atoms with Gasteiger partial charge in [-0.15, -0.1) is 10.2 Å². The zero-order valence-corrected chi connectivity index (χ0v) is 14.5. The van der Waals surface area contributed by atoms with Gasteiger partial charge in [0.25, 0.3) is 0 Å². The van der Waals surface area contributed by atoms with Crippen LogP contribution in [0.25, 0.3) is 5.65 Å².